The fourth-order valence-corrected chi connectivity index (χ4v) is 1.33. The molecule has 0 saturated heterocycles. The summed E-state index contributed by atoms with van der Waals surface area (Å²) in [5, 5.41) is 4.84. The number of hydrogen-bond donors (Lipinski definition) is 0. The van der Waals surface area contributed by atoms with Crippen molar-refractivity contribution < 1.29 is 4.79 Å². The highest BCUT2D eigenvalue weighted by atomic mass is 35.5. The zero-order valence-corrected chi connectivity index (χ0v) is 8.80. The third-order valence-electron chi connectivity index (χ3n) is 1.89. The minimum Gasteiger partial charge on any atom is -0.300 e. The number of carbonyl (C=O) groups excluding carboxylic acids is 1. The summed E-state index contributed by atoms with van der Waals surface area (Å²) in [6, 6.07) is 0.0868. The Morgan fingerprint density at radius 3 is 2.77 bits per heavy atom. The van der Waals surface area contributed by atoms with E-state index >= 15 is 0 Å². The molecule has 1 heterocycles. The number of halogens is 1. The molecule has 1 aromatic rings. The van der Waals surface area contributed by atoms with Gasteiger partial charge in [0.1, 0.15) is 5.78 Å². The first-order valence-electron chi connectivity index (χ1n) is 4.21. The molecule has 0 radical (unpaired) electrons. The minimum atomic E-state index is 0.0868. The van der Waals surface area contributed by atoms with E-state index in [-0.39, 0.29) is 11.8 Å². The zero-order valence-electron chi connectivity index (χ0n) is 8.04. The molecule has 0 amide bonds. The average molecular weight is 201 g/mol. The first kappa shape index (κ1) is 10.3. The third kappa shape index (κ3) is 2.56. The Bertz CT molecular complexity index is 300. The SMILES string of the molecule is CC(=O)CC(C)n1cc(Cl)c(C)n1. The van der Waals surface area contributed by atoms with Crippen molar-refractivity contribution in [3.8, 4) is 0 Å². The monoisotopic (exact) mass is 200 g/mol. The Balaban J connectivity index is 2.77. The van der Waals surface area contributed by atoms with Crippen LogP contribution in [0.3, 0.4) is 0 Å². The molecule has 1 rings (SSSR count). The predicted molar refractivity (Wildman–Crippen MR) is 52.0 cm³/mol. The molecule has 4 heteroatoms. The fourth-order valence-electron chi connectivity index (χ4n) is 1.19. The summed E-state index contributed by atoms with van der Waals surface area (Å²) in [5.74, 6) is 0.164. The number of hydrogen-bond acceptors (Lipinski definition) is 2. The average Bonchev–Trinajstić information content (AvgIpc) is 2.31. The van der Waals surface area contributed by atoms with Crippen molar-refractivity contribution in [1.82, 2.24) is 9.78 Å². The van der Waals surface area contributed by atoms with Crippen LogP contribution in [0.25, 0.3) is 0 Å². The first-order chi connectivity index (χ1) is 6.00. The van der Waals surface area contributed by atoms with E-state index in [1.54, 1.807) is 17.8 Å². The predicted octanol–water partition coefficient (Wildman–Crippen LogP) is 2.39. The molecule has 0 bridgehead atoms. The van der Waals surface area contributed by atoms with Gasteiger partial charge in [0.15, 0.2) is 0 Å². The summed E-state index contributed by atoms with van der Waals surface area (Å²) in [4.78, 5) is 10.8. The molecule has 0 saturated carbocycles. The van der Waals surface area contributed by atoms with E-state index in [0.29, 0.717) is 11.4 Å². The van der Waals surface area contributed by atoms with Gasteiger partial charge in [-0.3, -0.25) is 9.48 Å². The molecular weight excluding hydrogens is 188 g/mol. The molecule has 1 aromatic heterocycles. The number of ketones is 1. The molecule has 1 unspecified atom stereocenters. The van der Waals surface area contributed by atoms with E-state index in [4.69, 9.17) is 11.6 Å². The standard InChI is InChI=1S/C9H13ClN2O/c1-6(4-7(2)13)12-5-9(10)8(3)11-12/h5-6H,4H2,1-3H3. The van der Waals surface area contributed by atoms with Crippen LogP contribution in [-0.4, -0.2) is 15.6 Å². The normalized spacial score (nSPS) is 12.9. The van der Waals surface area contributed by atoms with Crippen molar-refractivity contribution >= 4 is 17.4 Å². The van der Waals surface area contributed by atoms with E-state index in [2.05, 4.69) is 5.10 Å². The van der Waals surface area contributed by atoms with Crippen LogP contribution in [-0.2, 0) is 4.79 Å². The Morgan fingerprint density at radius 1 is 1.77 bits per heavy atom. The van der Waals surface area contributed by atoms with Gasteiger partial charge in [-0.2, -0.15) is 5.10 Å². The van der Waals surface area contributed by atoms with Crippen LogP contribution in [0.2, 0.25) is 5.02 Å². The second-order valence-electron chi connectivity index (χ2n) is 3.30. The molecule has 0 aromatic carbocycles. The molecule has 13 heavy (non-hydrogen) atoms. The van der Waals surface area contributed by atoms with Gasteiger partial charge in [-0.1, -0.05) is 11.6 Å². The Morgan fingerprint density at radius 2 is 2.38 bits per heavy atom. The molecule has 3 nitrogen and oxygen atoms in total. The van der Waals surface area contributed by atoms with Crippen LogP contribution < -0.4 is 0 Å². The van der Waals surface area contributed by atoms with Gasteiger partial charge in [0, 0.05) is 12.6 Å². The van der Waals surface area contributed by atoms with E-state index in [9.17, 15) is 4.79 Å². The number of carbonyl (C=O) groups is 1. The molecule has 0 aliphatic carbocycles. The summed E-state index contributed by atoms with van der Waals surface area (Å²) < 4.78 is 1.74. The van der Waals surface area contributed by atoms with Crippen LogP contribution in [0.4, 0.5) is 0 Å². The maximum Gasteiger partial charge on any atom is 0.131 e. The summed E-state index contributed by atoms with van der Waals surface area (Å²) in [5.41, 5.74) is 0.803. The smallest absolute Gasteiger partial charge is 0.131 e. The molecule has 0 aliphatic heterocycles. The summed E-state index contributed by atoms with van der Waals surface area (Å²) in [6.07, 6.45) is 2.25. The van der Waals surface area contributed by atoms with Crippen LogP contribution in [0.15, 0.2) is 6.20 Å². The van der Waals surface area contributed by atoms with Crippen LogP contribution >= 0.6 is 11.6 Å². The summed E-state index contributed by atoms with van der Waals surface area (Å²) in [6.45, 7) is 5.37. The molecule has 0 fully saturated rings. The second kappa shape index (κ2) is 3.92. The van der Waals surface area contributed by atoms with E-state index in [1.807, 2.05) is 13.8 Å². The molecule has 1 atom stereocenters. The lowest BCUT2D eigenvalue weighted by Crippen LogP contribution is -2.09. The van der Waals surface area contributed by atoms with Crippen LogP contribution in [0.5, 0.6) is 0 Å². The van der Waals surface area contributed by atoms with Gasteiger partial charge in [0.2, 0.25) is 0 Å². The Kier molecular flexibility index (Phi) is 3.09. The molecule has 72 valence electrons. The highest BCUT2D eigenvalue weighted by molar-refractivity contribution is 6.31. The van der Waals surface area contributed by atoms with Crippen LogP contribution in [0, 0.1) is 6.92 Å². The van der Waals surface area contributed by atoms with Crippen molar-refractivity contribution in [2.24, 2.45) is 0 Å². The number of aromatic nitrogens is 2. The maximum atomic E-state index is 10.8. The molecule has 0 N–H and O–H groups in total. The highest BCUT2D eigenvalue weighted by Crippen LogP contribution is 2.17. The second-order valence-corrected chi connectivity index (χ2v) is 3.70. The Hall–Kier alpha value is -0.830. The lowest BCUT2D eigenvalue weighted by molar-refractivity contribution is -0.117. The van der Waals surface area contributed by atoms with Crippen molar-refractivity contribution in [2.75, 3.05) is 0 Å². The summed E-state index contributed by atoms with van der Waals surface area (Å²) in [7, 11) is 0. The van der Waals surface area contributed by atoms with Crippen molar-refractivity contribution in [1.29, 1.82) is 0 Å². The first-order valence-corrected chi connectivity index (χ1v) is 4.59. The lowest BCUT2D eigenvalue weighted by atomic mass is 10.2. The number of rotatable bonds is 3. The van der Waals surface area contributed by atoms with Gasteiger partial charge in [-0.15, -0.1) is 0 Å². The van der Waals surface area contributed by atoms with Gasteiger partial charge in [-0.05, 0) is 20.8 Å². The largest absolute Gasteiger partial charge is 0.300 e. The number of aryl methyl sites for hydroxylation is 1. The minimum absolute atomic E-state index is 0.0868. The topological polar surface area (TPSA) is 34.9 Å². The number of nitrogens with zero attached hydrogens (tertiary/aromatic N) is 2. The van der Waals surface area contributed by atoms with Gasteiger partial charge < -0.3 is 0 Å². The van der Waals surface area contributed by atoms with Gasteiger partial charge in [0.05, 0.1) is 16.8 Å². The van der Waals surface area contributed by atoms with Crippen molar-refractivity contribution in [2.45, 2.75) is 33.2 Å². The molecular formula is C9H13ClN2O. The van der Waals surface area contributed by atoms with Gasteiger partial charge in [-0.25, -0.2) is 0 Å². The quantitative estimate of drug-likeness (QED) is 0.751. The Labute approximate surface area is 82.7 Å². The third-order valence-corrected chi connectivity index (χ3v) is 2.26. The maximum absolute atomic E-state index is 10.8. The fraction of sp³-hybridized carbons (Fsp3) is 0.556. The van der Waals surface area contributed by atoms with E-state index in [0.717, 1.165) is 5.69 Å². The van der Waals surface area contributed by atoms with Crippen molar-refractivity contribution in [3.05, 3.63) is 16.9 Å². The number of Topliss-reactive ketones (excluding diaryl/α,β-unsaturated/α-hetero) is 1. The lowest BCUT2D eigenvalue weighted by Gasteiger charge is -2.08. The molecule has 0 aliphatic rings. The highest BCUT2D eigenvalue weighted by Gasteiger charge is 2.10. The summed E-state index contributed by atoms with van der Waals surface area (Å²) >= 11 is 5.84. The van der Waals surface area contributed by atoms with Crippen LogP contribution in [0.1, 0.15) is 32.0 Å². The van der Waals surface area contributed by atoms with E-state index < -0.39 is 0 Å². The van der Waals surface area contributed by atoms with E-state index in [1.165, 1.54) is 0 Å². The van der Waals surface area contributed by atoms with Crippen molar-refractivity contribution in [3.63, 3.8) is 0 Å². The molecule has 0 spiro atoms. The van der Waals surface area contributed by atoms with Gasteiger partial charge in [0.25, 0.3) is 0 Å². The zero-order chi connectivity index (χ0) is 10.0. The van der Waals surface area contributed by atoms with Gasteiger partial charge >= 0.3 is 0 Å².